The van der Waals surface area contributed by atoms with Crippen molar-refractivity contribution in [3.8, 4) is 5.75 Å². The van der Waals surface area contributed by atoms with Crippen LogP contribution in [-0.2, 0) is 6.54 Å². The van der Waals surface area contributed by atoms with Crippen LogP contribution in [0.25, 0.3) is 0 Å². The molecule has 4 heteroatoms. The number of hydrogen-bond acceptors (Lipinski definition) is 2. The molecule has 0 aliphatic carbocycles. The van der Waals surface area contributed by atoms with Crippen LogP contribution in [0.2, 0.25) is 5.02 Å². The topological polar surface area (TPSA) is 29.5 Å². The lowest BCUT2D eigenvalue weighted by molar-refractivity contribution is 0.0513. The second-order valence-electron chi connectivity index (χ2n) is 4.84. The van der Waals surface area contributed by atoms with Gasteiger partial charge in [-0.2, -0.15) is 0 Å². The quantitative estimate of drug-likeness (QED) is 0.801. The van der Waals surface area contributed by atoms with Crippen LogP contribution in [0.5, 0.6) is 5.75 Å². The highest BCUT2D eigenvalue weighted by Gasteiger charge is 2.23. The van der Waals surface area contributed by atoms with Crippen molar-refractivity contribution in [1.29, 1.82) is 0 Å². The highest BCUT2D eigenvalue weighted by atomic mass is 35.5. The van der Waals surface area contributed by atoms with E-state index in [1.54, 1.807) is 11.0 Å². The van der Waals surface area contributed by atoms with Crippen molar-refractivity contribution in [2.45, 2.75) is 13.5 Å². The Bertz CT molecular complexity index is 669. The summed E-state index contributed by atoms with van der Waals surface area (Å²) in [5.41, 5.74) is 2.61. The van der Waals surface area contributed by atoms with Crippen LogP contribution < -0.4 is 4.74 Å². The smallest absolute Gasteiger partial charge is 0.257 e. The molecule has 102 valence electrons. The summed E-state index contributed by atoms with van der Waals surface area (Å²) in [5, 5.41) is 0.651. The summed E-state index contributed by atoms with van der Waals surface area (Å²) < 4.78 is 5.62. The van der Waals surface area contributed by atoms with Gasteiger partial charge in [0, 0.05) is 16.1 Å². The molecule has 3 nitrogen and oxygen atoms in total. The lowest BCUT2D eigenvalue weighted by Gasteiger charge is -2.29. The van der Waals surface area contributed by atoms with Crippen molar-refractivity contribution < 1.29 is 9.53 Å². The van der Waals surface area contributed by atoms with Gasteiger partial charge in [0.1, 0.15) is 5.75 Å². The van der Waals surface area contributed by atoms with E-state index in [0.717, 1.165) is 16.9 Å². The Morgan fingerprint density at radius 3 is 2.85 bits per heavy atom. The molecule has 20 heavy (non-hydrogen) atoms. The predicted molar refractivity (Wildman–Crippen MR) is 78.0 cm³/mol. The van der Waals surface area contributed by atoms with E-state index in [0.29, 0.717) is 17.1 Å². The highest BCUT2D eigenvalue weighted by Crippen LogP contribution is 2.28. The van der Waals surface area contributed by atoms with Crippen molar-refractivity contribution >= 4 is 17.5 Å². The van der Waals surface area contributed by atoms with E-state index in [1.807, 2.05) is 43.3 Å². The fraction of sp³-hybridized carbons (Fsp3) is 0.188. The van der Waals surface area contributed by atoms with E-state index in [1.165, 1.54) is 0 Å². The van der Waals surface area contributed by atoms with Gasteiger partial charge < -0.3 is 9.64 Å². The van der Waals surface area contributed by atoms with E-state index in [-0.39, 0.29) is 12.6 Å². The van der Waals surface area contributed by atoms with Crippen molar-refractivity contribution in [3.63, 3.8) is 0 Å². The minimum atomic E-state index is -0.0197. The lowest BCUT2D eigenvalue weighted by Crippen LogP contribution is -2.37. The Morgan fingerprint density at radius 2 is 2.05 bits per heavy atom. The number of halogens is 1. The molecule has 2 aromatic rings. The van der Waals surface area contributed by atoms with E-state index >= 15 is 0 Å². The van der Waals surface area contributed by atoms with Gasteiger partial charge in [-0.1, -0.05) is 29.8 Å². The summed E-state index contributed by atoms with van der Waals surface area (Å²) in [7, 11) is 0. The highest BCUT2D eigenvalue weighted by molar-refractivity contribution is 6.30. The van der Waals surface area contributed by atoms with Gasteiger partial charge in [0.15, 0.2) is 6.73 Å². The third kappa shape index (κ3) is 2.37. The second-order valence-corrected chi connectivity index (χ2v) is 5.28. The van der Waals surface area contributed by atoms with Crippen LogP contribution in [0.3, 0.4) is 0 Å². The molecule has 1 aliphatic rings. The molecule has 0 aromatic heterocycles. The monoisotopic (exact) mass is 287 g/mol. The number of rotatable bonds is 1. The minimum Gasteiger partial charge on any atom is -0.473 e. The molecule has 1 amide bonds. The minimum absolute atomic E-state index is 0.0197. The Labute approximate surface area is 122 Å². The first-order valence-electron chi connectivity index (χ1n) is 6.41. The standard InChI is InChI=1S/C16H14ClNO2/c1-11-4-2-3-5-14(11)16(19)18-9-12-8-13(17)6-7-15(12)20-10-18/h2-8H,9-10H2,1H3. The first kappa shape index (κ1) is 13.0. The Kier molecular flexibility index (Phi) is 3.36. The largest absolute Gasteiger partial charge is 0.473 e. The van der Waals surface area contributed by atoms with Crippen LogP contribution >= 0.6 is 11.6 Å². The first-order chi connectivity index (χ1) is 9.65. The molecule has 0 saturated carbocycles. The summed E-state index contributed by atoms with van der Waals surface area (Å²) in [6.07, 6.45) is 0. The molecule has 0 bridgehead atoms. The molecule has 2 aromatic carbocycles. The van der Waals surface area contributed by atoms with Gasteiger partial charge in [0.2, 0.25) is 0 Å². The molecule has 1 aliphatic heterocycles. The molecule has 0 spiro atoms. The Balaban J connectivity index is 1.87. The predicted octanol–water partition coefficient (Wildman–Crippen LogP) is 3.64. The average molecular weight is 288 g/mol. The van der Waals surface area contributed by atoms with E-state index in [2.05, 4.69) is 0 Å². The van der Waals surface area contributed by atoms with Crippen LogP contribution in [-0.4, -0.2) is 17.5 Å². The molecule has 3 rings (SSSR count). The zero-order chi connectivity index (χ0) is 14.1. The van der Waals surface area contributed by atoms with E-state index in [9.17, 15) is 4.79 Å². The van der Waals surface area contributed by atoms with Gasteiger partial charge in [-0.25, -0.2) is 0 Å². The Morgan fingerprint density at radius 1 is 1.25 bits per heavy atom. The molecule has 0 N–H and O–H groups in total. The maximum absolute atomic E-state index is 12.5. The third-order valence-corrected chi connectivity index (χ3v) is 3.66. The van der Waals surface area contributed by atoms with Gasteiger partial charge in [0.05, 0.1) is 6.54 Å². The number of ether oxygens (including phenoxy) is 1. The number of benzene rings is 2. The zero-order valence-electron chi connectivity index (χ0n) is 11.1. The molecule has 0 unspecified atom stereocenters. The lowest BCUT2D eigenvalue weighted by atomic mass is 10.1. The molecule has 0 radical (unpaired) electrons. The van der Waals surface area contributed by atoms with Gasteiger partial charge in [-0.3, -0.25) is 4.79 Å². The number of carbonyl (C=O) groups is 1. The summed E-state index contributed by atoms with van der Waals surface area (Å²) in [6.45, 7) is 2.72. The number of nitrogens with zero attached hydrogens (tertiary/aromatic N) is 1. The fourth-order valence-electron chi connectivity index (χ4n) is 2.32. The summed E-state index contributed by atoms with van der Waals surface area (Å²) in [4.78, 5) is 14.2. The second kappa shape index (κ2) is 5.17. The van der Waals surface area contributed by atoms with Crippen LogP contribution in [0.4, 0.5) is 0 Å². The van der Waals surface area contributed by atoms with E-state index < -0.39 is 0 Å². The van der Waals surface area contributed by atoms with Gasteiger partial charge in [-0.05, 0) is 36.8 Å². The van der Waals surface area contributed by atoms with Gasteiger partial charge in [0.25, 0.3) is 5.91 Å². The maximum atomic E-state index is 12.5. The number of amides is 1. The molecular formula is C16H14ClNO2. The molecule has 0 fully saturated rings. The molecule has 0 atom stereocenters. The molecule has 1 heterocycles. The van der Waals surface area contributed by atoms with Crippen molar-refractivity contribution in [3.05, 3.63) is 64.2 Å². The zero-order valence-corrected chi connectivity index (χ0v) is 11.9. The summed E-state index contributed by atoms with van der Waals surface area (Å²) in [5.74, 6) is 0.775. The van der Waals surface area contributed by atoms with Crippen molar-refractivity contribution in [2.24, 2.45) is 0 Å². The first-order valence-corrected chi connectivity index (χ1v) is 6.79. The third-order valence-electron chi connectivity index (χ3n) is 3.42. The SMILES string of the molecule is Cc1ccccc1C(=O)N1COc2ccc(Cl)cc2C1. The summed E-state index contributed by atoms with van der Waals surface area (Å²) in [6, 6.07) is 13.0. The van der Waals surface area contributed by atoms with Crippen LogP contribution in [0.15, 0.2) is 42.5 Å². The van der Waals surface area contributed by atoms with Crippen LogP contribution in [0, 0.1) is 6.92 Å². The Hall–Kier alpha value is -2.00. The van der Waals surface area contributed by atoms with E-state index in [4.69, 9.17) is 16.3 Å². The van der Waals surface area contributed by atoms with Crippen molar-refractivity contribution in [1.82, 2.24) is 4.90 Å². The van der Waals surface area contributed by atoms with Crippen molar-refractivity contribution in [2.75, 3.05) is 6.73 Å². The van der Waals surface area contributed by atoms with Gasteiger partial charge in [-0.15, -0.1) is 0 Å². The fourth-order valence-corrected chi connectivity index (χ4v) is 2.52. The van der Waals surface area contributed by atoms with Crippen LogP contribution in [0.1, 0.15) is 21.5 Å². The molecular weight excluding hydrogens is 274 g/mol. The number of aryl methyl sites for hydroxylation is 1. The summed E-state index contributed by atoms with van der Waals surface area (Å²) >= 11 is 5.99. The normalized spacial score (nSPS) is 13.6. The number of fused-ring (bicyclic) bond motifs is 1. The van der Waals surface area contributed by atoms with Gasteiger partial charge >= 0.3 is 0 Å². The maximum Gasteiger partial charge on any atom is 0.257 e. The number of hydrogen-bond donors (Lipinski definition) is 0. The molecule has 0 saturated heterocycles. The number of carbonyl (C=O) groups excluding carboxylic acids is 1. The average Bonchev–Trinajstić information content (AvgIpc) is 2.46.